The number of carbonyl (C=O) groups is 1. The minimum atomic E-state index is -2.34. The van der Waals surface area contributed by atoms with Crippen LogP contribution in [-0.4, -0.2) is 368 Å². The monoisotopic (exact) mass is 1500 g/mol. The second kappa shape index (κ2) is 30.1. The van der Waals surface area contributed by atoms with Crippen LogP contribution in [0.1, 0.15) is 99.8 Å². The Labute approximate surface area is 599 Å². The third-order valence-electron chi connectivity index (χ3n) is 26.5. The van der Waals surface area contributed by atoms with Gasteiger partial charge in [-0.2, -0.15) is 0 Å². The Morgan fingerprint density at radius 2 is 1.04 bits per heavy atom. The van der Waals surface area contributed by atoms with Crippen molar-refractivity contribution in [1.82, 2.24) is 0 Å². The van der Waals surface area contributed by atoms with Crippen molar-refractivity contribution >= 4 is 5.97 Å². The van der Waals surface area contributed by atoms with Crippen molar-refractivity contribution in [2.75, 3.05) is 59.5 Å². The van der Waals surface area contributed by atoms with E-state index in [2.05, 4.69) is 40.7 Å². The Morgan fingerprint density at radius 1 is 0.490 bits per heavy atom. The number of carbonyl (C=O) groups excluding carboxylic acids is 1. The second-order valence-corrected chi connectivity index (χ2v) is 33.3. The summed E-state index contributed by atoms with van der Waals surface area (Å²) in [6.45, 7) is 6.87. The zero-order valence-corrected chi connectivity index (χ0v) is 59.2. The van der Waals surface area contributed by atoms with E-state index in [1.54, 1.807) is 6.92 Å². The molecule has 36 nitrogen and oxygen atoms in total. The van der Waals surface area contributed by atoms with E-state index in [9.17, 15) is 107 Å². The van der Waals surface area contributed by atoms with E-state index in [0.29, 0.717) is 32.1 Å². The van der Waals surface area contributed by atoms with Gasteiger partial charge >= 0.3 is 5.97 Å². The SMILES string of the molecule is C[C@@H]1O[C@@H](O[C@H]2[C@H](OC(=O)[C@]34CCC(C)(C)C[C@H]3C3=CC[C@@H]5[C@@]6(C)C[C@H](O)[C@H](O[C@@H]7O[C@H](CO)[C@@H](O)[C@H](O)[C@H]7O)[C@@](C)(CO)[C@@H]6CC[C@@]5(C)[C@]3(C)C[C@H]4O)OC[C@H](O)[C@@H]2O)[C@H](O)[C@H](O[C@@H]2OC[C@](O)(CO)[C@H]2O)[C@H]1O[C@@H]1OC[C@@H](O)[C@H](O[C@@H]2OC[C@](O)(CO)[C@H]2O[C@@H]2O[C@H](CO)[C@H](O)[C@H](O)[C@H]2O)[C@H]1O. The molecule has 12 rings (SSSR count). The van der Waals surface area contributed by atoms with Gasteiger partial charge in [-0.25, -0.2) is 0 Å². The third kappa shape index (κ3) is 13.5. The molecule has 40 atom stereocenters. The van der Waals surface area contributed by atoms with Crippen molar-refractivity contribution in [2.24, 2.45) is 50.2 Å². The van der Waals surface area contributed by atoms with Gasteiger partial charge < -0.3 is 174 Å². The summed E-state index contributed by atoms with van der Waals surface area (Å²) in [7, 11) is 0. The molecule has 12 aliphatic rings. The molecular formula is C68H110O36. The number of allylic oxidation sites excluding steroid dienone is 2. The largest absolute Gasteiger partial charge is 0.432 e. The maximum atomic E-state index is 15.8. The van der Waals surface area contributed by atoms with Crippen LogP contribution < -0.4 is 0 Å². The molecule has 598 valence electrons. The maximum absolute atomic E-state index is 15.8. The first-order valence-corrected chi connectivity index (χ1v) is 36.1. The van der Waals surface area contributed by atoms with Gasteiger partial charge in [-0.3, -0.25) is 4.79 Å². The molecule has 21 N–H and O–H groups in total. The van der Waals surface area contributed by atoms with Gasteiger partial charge in [-0.05, 0) is 97.7 Å². The predicted octanol–water partition coefficient (Wildman–Crippen LogP) is -8.06. The number of aliphatic hydroxyl groups is 21. The third-order valence-corrected chi connectivity index (χ3v) is 26.5. The van der Waals surface area contributed by atoms with Crippen LogP contribution in [0.15, 0.2) is 11.6 Å². The zero-order valence-electron chi connectivity index (χ0n) is 59.2. The van der Waals surface area contributed by atoms with E-state index < -0.39 is 299 Å². The summed E-state index contributed by atoms with van der Waals surface area (Å²) in [5.41, 5.74) is -9.11. The lowest BCUT2D eigenvalue weighted by molar-refractivity contribution is -0.385. The van der Waals surface area contributed by atoms with Crippen LogP contribution in [0, 0.1) is 50.2 Å². The molecule has 0 spiro atoms. The van der Waals surface area contributed by atoms with E-state index in [1.807, 2.05) is 0 Å². The number of rotatable bonds is 19. The van der Waals surface area contributed by atoms with Crippen molar-refractivity contribution in [3.8, 4) is 0 Å². The highest BCUT2D eigenvalue weighted by Crippen LogP contribution is 2.76. The van der Waals surface area contributed by atoms with Crippen molar-refractivity contribution in [3.63, 3.8) is 0 Å². The maximum Gasteiger partial charge on any atom is 0.317 e. The summed E-state index contributed by atoms with van der Waals surface area (Å²) >= 11 is 0. The summed E-state index contributed by atoms with van der Waals surface area (Å²) in [6, 6.07) is 0. The van der Waals surface area contributed by atoms with E-state index in [1.165, 1.54) is 6.92 Å². The van der Waals surface area contributed by atoms with Gasteiger partial charge in [-0.1, -0.05) is 53.2 Å². The lowest BCUT2D eigenvalue weighted by Crippen LogP contribution is -2.70. The Hall–Kier alpha value is -2.15. The number of aliphatic hydroxyl groups excluding tert-OH is 19. The Morgan fingerprint density at radius 3 is 1.64 bits per heavy atom. The van der Waals surface area contributed by atoms with Crippen molar-refractivity contribution < 1.29 is 178 Å². The Kier molecular flexibility index (Phi) is 23.5. The summed E-state index contributed by atoms with van der Waals surface area (Å²) in [5.74, 6) is -2.12. The highest BCUT2D eigenvalue weighted by atomic mass is 16.8. The Balaban J connectivity index is 0.781. The van der Waals surface area contributed by atoms with E-state index in [0.717, 1.165) is 5.57 Å². The first-order chi connectivity index (χ1) is 48.8. The zero-order chi connectivity index (χ0) is 75.8. The van der Waals surface area contributed by atoms with Crippen LogP contribution in [0.4, 0.5) is 0 Å². The molecule has 7 heterocycles. The van der Waals surface area contributed by atoms with Crippen LogP contribution in [0.2, 0.25) is 0 Å². The number of ether oxygens (including phenoxy) is 14. The smallest absolute Gasteiger partial charge is 0.317 e. The molecule has 0 unspecified atom stereocenters. The molecule has 104 heavy (non-hydrogen) atoms. The molecule has 7 saturated heterocycles. The van der Waals surface area contributed by atoms with Crippen LogP contribution in [0.25, 0.3) is 0 Å². The molecule has 0 aromatic carbocycles. The first-order valence-electron chi connectivity index (χ1n) is 36.1. The standard InChI is InChI=1S/C68H110O36/c1-26-46(98-53-44(85)47(31(76)20-91-53)99-59-52(67(90,23-73)25-94-59)103-55-43(84)41(82)39(80)33(18-70)97-55)48(100-58-50(87)66(89,22-72)24-93-58)45(86)56(95-26)101-49-37(78)30(75)19-92-57(49)104-60(88)68-13-12-61(2,3)14-28(68)27-8-9-35-62(4)15-29(74)51(102-54-42(83)40(81)38(79)32(17-69)96-54)63(5,21-71)34(62)10-11-64(35,6)65(27,7)16-36(68)77/h8,26,28-59,69-87,89-90H,9-25H2,1-7H3/t26-,28-,29-,30-,31+,32+,33+,34+,35+,36+,37-,38+,39-,40-,41-,42+,43+,44+,45+,46-,47-,48-,49+,50-,51-,52-,53-,54-,55-,56-,57-,58-,59-,62-,63-,64+,65+,66+,67+,68+/m0/s1. The molecule has 36 heteroatoms. The molecular weight excluding hydrogens is 1390 g/mol. The van der Waals surface area contributed by atoms with Crippen molar-refractivity contribution in [2.45, 2.75) is 295 Å². The van der Waals surface area contributed by atoms with Gasteiger partial charge in [0.1, 0.15) is 126 Å². The van der Waals surface area contributed by atoms with Crippen LogP contribution in [-0.2, 0) is 71.1 Å². The molecule has 5 aliphatic carbocycles. The molecule has 11 fully saturated rings. The highest BCUT2D eigenvalue weighted by molar-refractivity contribution is 5.80. The second-order valence-electron chi connectivity index (χ2n) is 33.3. The van der Waals surface area contributed by atoms with Gasteiger partial charge in [0.15, 0.2) is 43.8 Å². The fourth-order valence-corrected chi connectivity index (χ4v) is 20.1. The topological polar surface area (TPSA) is 571 Å². The molecule has 0 bridgehead atoms. The lowest BCUT2D eigenvalue weighted by atomic mass is 9.33. The molecule has 0 radical (unpaired) electrons. The van der Waals surface area contributed by atoms with Crippen LogP contribution in [0.3, 0.4) is 0 Å². The average Bonchev–Trinajstić information content (AvgIpc) is 0.777. The predicted molar refractivity (Wildman–Crippen MR) is 340 cm³/mol. The Bertz CT molecular complexity index is 2990. The summed E-state index contributed by atoms with van der Waals surface area (Å²) in [4.78, 5) is 15.8. The summed E-state index contributed by atoms with van der Waals surface area (Å²) in [6.07, 6.45) is -47.8. The van der Waals surface area contributed by atoms with Gasteiger partial charge in [0.05, 0.1) is 83.9 Å². The van der Waals surface area contributed by atoms with Crippen molar-refractivity contribution in [3.05, 3.63) is 11.6 Å². The first kappa shape index (κ1) is 81.3. The van der Waals surface area contributed by atoms with Gasteiger partial charge in [-0.15, -0.1) is 0 Å². The summed E-state index contributed by atoms with van der Waals surface area (Å²) < 4.78 is 83.7. The van der Waals surface area contributed by atoms with Crippen molar-refractivity contribution in [1.29, 1.82) is 0 Å². The molecule has 0 aromatic rings. The van der Waals surface area contributed by atoms with E-state index >= 15 is 4.79 Å². The van der Waals surface area contributed by atoms with E-state index in [-0.39, 0.29) is 31.1 Å². The van der Waals surface area contributed by atoms with Gasteiger partial charge in [0, 0.05) is 5.41 Å². The molecule has 0 aromatic heterocycles. The van der Waals surface area contributed by atoms with Gasteiger partial charge in [0.2, 0.25) is 6.29 Å². The highest BCUT2D eigenvalue weighted by Gasteiger charge is 2.74. The molecule has 7 aliphatic heterocycles. The van der Waals surface area contributed by atoms with Gasteiger partial charge in [0.25, 0.3) is 0 Å². The summed E-state index contributed by atoms with van der Waals surface area (Å²) in [5, 5.41) is 234. The van der Waals surface area contributed by atoms with Crippen LogP contribution >= 0.6 is 0 Å². The minimum absolute atomic E-state index is 0.0544. The molecule has 4 saturated carbocycles. The molecule has 0 amide bonds. The lowest BCUT2D eigenvalue weighted by Gasteiger charge is -2.72. The average molecular weight is 1500 g/mol. The fraction of sp³-hybridized carbons (Fsp3) is 0.956. The number of hydrogen-bond acceptors (Lipinski definition) is 36. The number of hydrogen-bond donors (Lipinski definition) is 21. The number of fused-ring (bicyclic) bond motifs is 7. The minimum Gasteiger partial charge on any atom is -0.432 e. The number of esters is 1. The quantitative estimate of drug-likeness (QED) is 0.0324. The van der Waals surface area contributed by atoms with E-state index in [4.69, 9.17) is 66.3 Å². The van der Waals surface area contributed by atoms with Crippen LogP contribution in [0.5, 0.6) is 0 Å². The fourth-order valence-electron chi connectivity index (χ4n) is 20.1. The normalized spacial score (nSPS) is 55.3.